The summed E-state index contributed by atoms with van der Waals surface area (Å²) in [5.41, 5.74) is 3.89. The van der Waals surface area contributed by atoms with Crippen molar-refractivity contribution in [3.05, 3.63) is 66.0 Å². The summed E-state index contributed by atoms with van der Waals surface area (Å²) in [6.07, 6.45) is 1.52. The van der Waals surface area contributed by atoms with Crippen molar-refractivity contribution >= 4 is 11.7 Å². The third kappa shape index (κ3) is 4.89. The molecule has 0 spiro atoms. The number of rotatable bonds is 6. The number of carbonyl (C=O) groups excluding carboxylic acids is 1. The number of tetrazole rings is 1. The van der Waals surface area contributed by atoms with E-state index in [0.29, 0.717) is 12.2 Å². The van der Waals surface area contributed by atoms with Crippen molar-refractivity contribution in [1.82, 2.24) is 30.4 Å². The van der Waals surface area contributed by atoms with Crippen molar-refractivity contribution in [2.24, 2.45) is 0 Å². The van der Waals surface area contributed by atoms with Gasteiger partial charge in [0.1, 0.15) is 6.33 Å². The van der Waals surface area contributed by atoms with E-state index in [1.165, 1.54) is 11.9 Å². The Balaban J connectivity index is 1.57. The van der Waals surface area contributed by atoms with Crippen LogP contribution in [0, 0.1) is 6.92 Å². The van der Waals surface area contributed by atoms with Crippen LogP contribution in [0.3, 0.4) is 0 Å². The van der Waals surface area contributed by atoms with E-state index in [9.17, 15) is 4.79 Å². The average molecular weight is 365 g/mol. The highest BCUT2D eigenvalue weighted by molar-refractivity contribution is 5.89. The van der Waals surface area contributed by atoms with Crippen LogP contribution in [0.4, 0.5) is 10.5 Å². The molecule has 0 saturated carbocycles. The van der Waals surface area contributed by atoms with Crippen LogP contribution in [-0.4, -0.2) is 51.8 Å². The first-order valence-corrected chi connectivity index (χ1v) is 8.64. The lowest BCUT2D eigenvalue weighted by atomic mass is 10.0. The normalized spacial score (nSPS) is 12.0. The fraction of sp³-hybridized carbons (Fsp3) is 0.263. The van der Waals surface area contributed by atoms with Gasteiger partial charge in [-0.3, -0.25) is 0 Å². The molecule has 0 saturated heterocycles. The molecule has 0 fully saturated rings. The lowest BCUT2D eigenvalue weighted by molar-refractivity contribution is 0.243. The molecule has 0 aliphatic rings. The number of nitrogens with zero attached hydrogens (tertiary/aromatic N) is 5. The Morgan fingerprint density at radius 2 is 1.81 bits per heavy atom. The quantitative estimate of drug-likeness (QED) is 0.700. The monoisotopic (exact) mass is 365 g/mol. The second kappa shape index (κ2) is 8.41. The van der Waals surface area contributed by atoms with E-state index in [4.69, 9.17) is 0 Å². The molecule has 8 heteroatoms. The van der Waals surface area contributed by atoms with Gasteiger partial charge in [-0.2, -0.15) is 0 Å². The van der Waals surface area contributed by atoms with Gasteiger partial charge in [0.05, 0.1) is 11.7 Å². The molecular weight excluding hydrogens is 342 g/mol. The Kier molecular flexibility index (Phi) is 5.77. The Morgan fingerprint density at radius 3 is 2.41 bits per heavy atom. The maximum Gasteiger partial charge on any atom is 0.319 e. The minimum Gasteiger partial charge on any atom is -0.336 e. The van der Waals surface area contributed by atoms with E-state index >= 15 is 0 Å². The first-order valence-electron chi connectivity index (χ1n) is 8.64. The SMILES string of the molecule is Cc1ccc(C(CNC(=O)Nc2ccc(-n3cnnn3)cc2)N(C)C)cc1. The van der Waals surface area contributed by atoms with Gasteiger partial charge >= 0.3 is 6.03 Å². The molecule has 140 valence electrons. The third-order valence-corrected chi connectivity index (χ3v) is 4.28. The highest BCUT2D eigenvalue weighted by Gasteiger charge is 2.15. The smallest absolute Gasteiger partial charge is 0.319 e. The fourth-order valence-corrected chi connectivity index (χ4v) is 2.73. The highest BCUT2D eigenvalue weighted by atomic mass is 16.2. The van der Waals surface area contributed by atoms with Crippen LogP contribution in [0.5, 0.6) is 0 Å². The number of carbonyl (C=O) groups is 1. The van der Waals surface area contributed by atoms with Crippen molar-refractivity contribution in [2.75, 3.05) is 26.0 Å². The van der Waals surface area contributed by atoms with Crippen molar-refractivity contribution < 1.29 is 4.79 Å². The summed E-state index contributed by atoms with van der Waals surface area (Å²) in [5.74, 6) is 0. The number of likely N-dealkylation sites (N-methyl/N-ethyl adjacent to an activating group) is 1. The van der Waals surface area contributed by atoms with Gasteiger partial charge in [-0.25, -0.2) is 9.48 Å². The predicted octanol–water partition coefficient (Wildman–Crippen LogP) is 2.40. The van der Waals surface area contributed by atoms with Crippen molar-refractivity contribution in [3.63, 3.8) is 0 Å². The van der Waals surface area contributed by atoms with Crippen LogP contribution in [0.2, 0.25) is 0 Å². The minimum absolute atomic E-state index is 0.0959. The number of nitrogens with one attached hydrogen (secondary N) is 2. The molecule has 1 aromatic heterocycles. The molecule has 1 unspecified atom stereocenters. The summed E-state index contributed by atoms with van der Waals surface area (Å²) in [4.78, 5) is 14.3. The molecule has 0 aliphatic heterocycles. The van der Waals surface area contributed by atoms with Crippen molar-refractivity contribution in [2.45, 2.75) is 13.0 Å². The minimum atomic E-state index is -0.246. The van der Waals surface area contributed by atoms with Gasteiger partial charge in [-0.15, -0.1) is 5.10 Å². The van der Waals surface area contributed by atoms with E-state index in [-0.39, 0.29) is 12.1 Å². The standard InChI is InChI=1S/C19H23N7O/c1-14-4-6-15(7-5-14)18(25(2)3)12-20-19(27)22-16-8-10-17(11-9-16)26-13-21-23-24-26/h4-11,13,18H,12H2,1-3H3,(H2,20,22,27). The first kappa shape index (κ1) is 18.5. The van der Waals surface area contributed by atoms with E-state index < -0.39 is 0 Å². The zero-order valence-corrected chi connectivity index (χ0v) is 15.6. The Morgan fingerprint density at radius 1 is 1.11 bits per heavy atom. The van der Waals surface area contributed by atoms with E-state index in [1.54, 1.807) is 16.8 Å². The molecule has 0 bridgehead atoms. The molecule has 2 amide bonds. The molecule has 2 aromatic carbocycles. The number of hydrogen-bond donors (Lipinski definition) is 2. The maximum atomic E-state index is 12.3. The summed E-state index contributed by atoms with van der Waals surface area (Å²) in [6.45, 7) is 2.56. The molecule has 3 aromatic rings. The van der Waals surface area contributed by atoms with Crippen LogP contribution in [0.1, 0.15) is 17.2 Å². The van der Waals surface area contributed by atoms with Gasteiger partial charge in [0.2, 0.25) is 0 Å². The van der Waals surface area contributed by atoms with Crippen LogP contribution in [0.15, 0.2) is 54.9 Å². The Hall–Kier alpha value is -3.26. The number of anilines is 1. The number of urea groups is 1. The zero-order chi connectivity index (χ0) is 19.2. The third-order valence-electron chi connectivity index (χ3n) is 4.28. The number of benzene rings is 2. The first-order chi connectivity index (χ1) is 13.0. The molecule has 0 aliphatic carbocycles. The van der Waals surface area contributed by atoms with Gasteiger partial charge in [-0.05, 0) is 61.3 Å². The largest absolute Gasteiger partial charge is 0.336 e. The van der Waals surface area contributed by atoms with E-state index in [2.05, 4.69) is 62.2 Å². The van der Waals surface area contributed by atoms with Gasteiger partial charge in [-0.1, -0.05) is 29.8 Å². The van der Waals surface area contributed by atoms with Crippen molar-refractivity contribution in [1.29, 1.82) is 0 Å². The number of aromatic nitrogens is 4. The van der Waals surface area contributed by atoms with Crippen LogP contribution < -0.4 is 10.6 Å². The molecule has 1 heterocycles. The molecule has 2 N–H and O–H groups in total. The number of aryl methyl sites for hydroxylation is 1. The molecule has 27 heavy (non-hydrogen) atoms. The lowest BCUT2D eigenvalue weighted by Gasteiger charge is -2.25. The second-order valence-corrected chi connectivity index (χ2v) is 6.53. The predicted molar refractivity (Wildman–Crippen MR) is 104 cm³/mol. The van der Waals surface area contributed by atoms with E-state index in [0.717, 1.165) is 11.3 Å². The summed E-state index contributed by atoms with van der Waals surface area (Å²) in [6, 6.07) is 15.5. The number of amides is 2. The molecule has 1 atom stereocenters. The second-order valence-electron chi connectivity index (χ2n) is 6.53. The lowest BCUT2D eigenvalue weighted by Crippen LogP contribution is -2.36. The van der Waals surface area contributed by atoms with Gasteiger partial charge in [0.15, 0.2) is 0 Å². The average Bonchev–Trinajstić information content (AvgIpc) is 3.18. The van der Waals surface area contributed by atoms with Gasteiger partial charge < -0.3 is 15.5 Å². The Bertz CT molecular complexity index is 858. The topological polar surface area (TPSA) is 88.0 Å². The zero-order valence-electron chi connectivity index (χ0n) is 15.6. The molecular formula is C19H23N7O. The van der Waals surface area contributed by atoms with Crippen LogP contribution in [-0.2, 0) is 0 Å². The fourth-order valence-electron chi connectivity index (χ4n) is 2.73. The molecule has 0 radical (unpaired) electrons. The van der Waals surface area contributed by atoms with Crippen molar-refractivity contribution in [3.8, 4) is 5.69 Å². The van der Waals surface area contributed by atoms with Gasteiger partial charge in [0.25, 0.3) is 0 Å². The summed E-state index contributed by atoms with van der Waals surface area (Å²) < 4.78 is 1.55. The Labute approximate surface area is 158 Å². The molecule has 3 rings (SSSR count). The summed E-state index contributed by atoms with van der Waals surface area (Å²) in [7, 11) is 4.00. The van der Waals surface area contributed by atoms with Gasteiger partial charge in [0, 0.05) is 12.2 Å². The highest BCUT2D eigenvalue weighted by Crippen LogP contribution is 2.18. The maximum absolute atomic E-state index is 12.3. The summed E-state index contributed by atoms with van der Waals surface area (Å²) in [5, 5.41) is 16.8. The molecule has 8 nitrogen and oxygen atoms in total. The van der Waals surface area contributed by atoms with Crippen LogP contribution >= 0.6 is 0 Å². The van der Waals surface area contributed by atoms with E-state index in [1.807, 2.05) is 26.2 Å². The number of hydrogen-bond acceptors (Lipinski definition) is 5. The summed E-state index contributed by atoms with van der Waals surface area (Å²) >= 11 is 0. The van der Waals surface area contributed by atoms with Crippen LogP contribution in [0.25, 0.3) is 5.69 Å².